The van der Waals surface area contributed by atoms with Gasteiger partial charge in [-0.05, 0) is 36.4 Å². The zero-order valence-corrected chi connectivity index (χ0v) is 13.7. The second kappa shape index (κ2) is 7.85. The third kappa shape index (κ3) is 5.04. The number of hydrogen-bond donors (Lipinski definition) is 1. The molecule has 1 aromatic carbocycles. The summed E-state index contributed by atoms with van der Waals surface area (Å²) in [5.74, 6) is -1.56. The number of methoxy groups -OCH3 is 1. The lowest BCUT2D eigenvalue weighted by Crippen LogP contribution is -2.49. The van der Waals surface area contributed by atoms with Crippen LogP contribution in [0, 0.1) is 17.0 Å². The van der Waals surface area contributed by atoms with Gasteiger partial charge in [0.15, 0.2) is 11.6 Å². The second-order valence-electron chi connectivity index (χ2n) is 6.50. The maximum atomic E-state index is 13.9. The molecule has 0 fully saturated rings. The molecule has 2 atom stereocenters. The highest BCUT2D eigenvalue weighted by atomic mass is 19.2. The minimum absolute atomic E-state index is 0.0637. The normalized spacial score (nSPS) is 15.0. The highest BCUT2D eigenvalue weighted by molar-refractivity contribution is 5.20. The third-order valence-corrected chi connectivity index (χ3v) is 3.60. The molecule has 120 valence electrons. The first kappa shape index (κ1) is 18.1. The number of nitrogens with one attached hydrogen (secondary N) is 1. The first-order chi connectivity index (χ1) is 9.81. The summed E-state index contributed by atoms with van der Waals surface area (Å²) in [6.07, 6.45) is 1.29. The number of hydrogen-bond acceptors (Lipinski definition) is 2. The molecule has 0 aliphatic heterocycles. The average Bonchev–Trinajstić information content (AvgIpc) is 2.40. The molecule has 1 rings (SSSR count). The Morgan fingerprint density at radius 2 is 1.90 bits per heavy atom. The van der Waals surface area contributed by atoms with Gasteiger partial charge in [-0.1, -0.05) is 39.8 Å². The van der Waals surface area contributed by atoms with Crippen LogP contribution in [-0.4, -0.2) is 25.8 Å². The van der Waals surface area contributed by atoms with Crippen LogP contribution < -0.4 is 5.32 Å². The van der Waals surface area contributed by atoms with E-state index in [0.717, 1.165) is 19.0 Å². The predicted octanol–water partition coefficient (Wildman–Crippen LogP) is 3.94. The van der Waals surface area contributed by atoms with Crippen molar-refractivity contribution in [2.75, 3.05) is 13.7 Å². The topological polar surface area (TPSA) is 21.3 Å². The maximum absolute atomic E-state index is 13.9. The van der Waals surface area contributed by atoms with E-state index < -0.39 is 11.6 Å². The van der Waals surface area contributed by atoms with E-state index in [9.17, 15) is 8.78 Å². The Kier molecular flexibility index (Phi) is 6.75. The van der Waals surface area contributed by atoms with E-state index in [1.54, 1.807) is 19.2 Å². The minimum atomic E-state index is -0.800. The Morgan fingerprint density at radius 1 is 1.24 bits per heavy atom. The molecule has 0 saturated carbocycles. The van der Waals surface area contributed by atoms with Crippen LogP contribution in [0.5, 0.6) is 0 Å². The summed E-state index contributed by atoms with van der Waals surface area (Å²) in [7, 11) is 1.67. The zero-order chi connectivity index (χ0) is 16.0. The molecule has 1 aromatic rings. The minimum Gasteiger partial charge on any atom is -0.379 e. The Balaban J connectivity index is 2.99. The van der Waals surface area contributed by atoms with Crippen LogP contribution in [0.25, 0.3) is 0 Å². The highest BCUT2D eigenvalue weighted by Crippen LogP contribution is 2.27. The van der Waals surface area contributed by atoms with Gasteiger partial charge in [-0.25, -0.2) is 8.78 Å². The van der Waals surface area contributed by atoms with Crippen molar-refractivity contribution >= 4 is 0 Å². The van der Waals surface area contributed by atoms with E-state index in [4.69, 9.17) is 4.74 Å². The number of ether oxygens (including phenoxy) is 1. The lowest BCUT2D eigenvalue weighted by molar-refractivity contribution is -0.0111. The Morgan fingerprint density at radius 3 is 2.43 bits per heavy atom. The smallest absolute Gasteiger partial charge is 0.162 e. The Bertz CT molecular complexity index is 443. The van der Waals surface area contributed by atoms with E-state index in [0.29, 0.717) is 12.0 Å². The molecule has 4 heteroatoms. The first-order valence-electron chi connectivity index (χ1n) is 7.50. The van der Waals surface area contributed by atoms with Gasteiger partial charge in [-0.2, -0.15) is 0 Å². The van der Waals surface area contributed by atoms with Crippen molar-refractivity contribution in [2.45, 2.75) is 52.7 Å². The van der Waals surface area contributed by atoms with E-state index >= 15 is 0 Å². The summed E-state index contributed by atoms with van der Waals surface area (Å²) in [6.45, 7) is 9.15. The van der Waals surface area contributed by atoms with Crippen molar-refractivity contribution in [3.8, 4) is 0 Å². The van der Waals surface area contributed by atoms with E-state index in [1.165, 1.54) is 0 Å². The molecule has 0 spiro atoms. The molecule has 0 radical (unpaired) electrons. The molecule has 21 heavy (non-hydrogen) atoms. The van der Waals surface area contributed by atoms with Gasteiger partial charge >= 0.3 is 0 Å². The van der Waals surface area contributed by atoms with E-state index in [1.807, 2.05) is 0 Å². The van der Waals surface area contributed by atoms with Crippen molar-refractivity contribution in [3.05, 3.63) is 35.4 Å². The number of halogens is 2. The molecule has 0 bridgehead atoms. The monoisotopic (exact) mass is 299 g/mol. The van der Waals surface area contributed by atoms with Crippen LogP contribution in [0.3, 0.4) is 0 Å². The molecular weight excluding hydrogens is 272 g/mol. The van der Waals surface area contributed by atoms with Crippen molar-refractivity contribution in [1.29, 1.82) is 0 Å². The molecule has 0 aliphatic carbocycles. The lowest BCUT2D eigenvalue weighted by Gasteiger charge is -2.36. The van der Waals surface area contributed by atoms with Gasteiger partial charge in [-0.15, -0.1) is 0 Å². The highest BCUT2D eigenvalue weighted by Gasteiger charge is 2.32. The summed E-state index contributed by atoms with van der Waals surface area (Å²) in [6, 6.07) is 4.26. The summed E-state index contributed by atoms with van der Waals surface area (Å²) >= 11 is 0. The molecular formula is C17H27F2NO. The zero-order valence-electron chi connectivity index (χ0n) is 13.7. The first-order valence-corrected chi connectivity index (χ1v) is 7.50. The molecule has 0 amide bonds. The molecule has 0 aromatic heterocycles. The summed E-state index contributed by atoms with van der Waals surface area (Å²) in [4.78, 5) is 0. The van der Waals surface area contributed by atoms with Crippen LogP contribution in [0.15, 0.2) is 18.2 Å². The molecule has 0 saturated heterocycles. The van der Waals surface area contributed by atoms with Gasteiger partial charge in [0.2, 0.25) is 0 Å². The third-order valence-electron chi connectivity index (χ3n) is 3.60. The van der Waals surface area contributed by atoms with Gasteiger partial charge in [0.05, 0.1) is 6.10 Å². The van der Waals surface area contributed by atoms with Crippen molar-refractivity contribution < 1.29 is 13.5 Å². The molecule has 0 heterocycles. The van der Waals surface area contributed by atoms with Crippen LogP contribution >= 0.6 is 0 Å². The van der Waals surface area contributed by atoms with E-state index in [-0.39, 0.29) is 17.6 Å². The molecule has 1 N–H and O–H groups in total. The fourth-order valence-electron chi connectivity index (χ4n) is 2.68. The lowest BCUT2D eigenvalue weighted by atomic mass is 9.82. The summed E-state index contributed by atoms with van der Waals surface area (Å²) in [5, 5.41) is 3.41. The predicted molar refractivity (Wildman–Crippen MR) is 82.4 cm³/mol. The van der Waals surface area contributed by atoms with Gasteiger partial charge in [0.1, 0.15) is 0 Å². The van der Waals surface area contributed by atoms with Crippen molar-refractivity contribution in [1.82, 2.24) is 5.32 Å². The molecule has 2 unspecified atom stereocenters. The Hall–Kier alpha value is -1.00. The van der Waals surface area contributed by atoms with Gasteiger partial charge in [-0.3, -0.25) is 0 Å². The van der Waals surface area contributed by atoms with Gasteiger partial charge < -0.3 is 10.1 Å². The fraction of sp³-hybridized carbons (Fsp3) is 0.647. The van der Waals surface area contributed by atoms with Crippen molar-refractivity contribution in [3.63, 3.8) is 0 Å². The molecule has 0 aliphatic rings. The van der Waals surface area contributed by atoms with Crippen molar-refractivity contribution in [2.24, 2.45) is 5.41 Å². The average molecular weight is 299 g/mol. The van der Waals surface area contributed by atoms with Gasteiger partial charge in [0, 0.05) is 13.2 Å². The number of rotatable bonds is 7. The quantitative estimate of drug-likeness (QED) is 0.823. The second-order valence-corrected chi connectivity index (χ2v) is 6.50. The van der Waals surface area contributed by atoms with Crippen LogP contribution in [0.4, 0.5) is 8.78 Å². The fourth-order valence-corrected chi connectivity index (χ4v) is 2.68. The van der Waals surface area contributed by atoms with Gasteiger partial charge in [0.25, 0.3) is 0 Å². The largest absolute Gasteiger partial charge is 0.379 e. The number of benzene rings is 1. The van der Waals surface area contributed by atoms with E-state index in [2.05, 4.69) is 33.0 Å². The summed E-state index contributed by atoms with van der Waals surface area (Å²) < 4.78 is 32.9. The van der Waals surface area contributed by atoms with Crippen LogP contribution in [-0.2, 0) is 11.2 Å². The van der Waals surface area contributed by atoms with Crippen LogP contribution in [0.1, 0.15) is 39.7 Å². The summed E-state index contributed by atoms with van der Waals surface area (Å²) in [5.41, 5.74) is 0.291. The molecule has 2 nitrogen and oxygen atoms in total. The maximum Gasteiger partial charge on any atom is 0.162 e. The van der Waals surface area contributed by atoms with Crippen LogP contribution in [0.2, 0.25) is 0 Å². The Labute approximate surface area is 126 Å². The standard InChI is InChI=1S/C17H27F2NO/c1-6-10-20-14(16(21-5)17(2,3)4)11-12-8-7-9-13(18)15(12)19/h7-9,14,16,20H,6,10-11H2,1-5H3. The SMILES string of the molecule is CCCNC(Cc1cccc(F)c1F)C(OC)C(C)(C)C.